The Hall–Kier alpha value is -0.910. The maximum absolute atomic E-state index is 13.1. The molecule has 1 saturated carbocycles. The van der Waals surface area contributed by atoms with Crippen molar-refractivity contribution in [3.63, 3.8) is 0 Å². The van der Waals surface area contributed by atoms with Gasteiger partial charge in [0.2, 0.25) is 5.92 Å². The summed E-state index contributed by atoms with van der Waals surface area (Å²) >= 11 is 0. The summed E-state index contributed by atoms with van der Waals surface area (Å²) in [5, 5.41) is 9.03. The van der Waals surface area contributed by atoms with Gasteiger partial charge >= 0.3 is 6.09 Å². The highest BCUT2D eigenvalue weighted by molar-refractivity contribution is 5.68. The van der Waals surface area contributed by atoms with Gasteiger partial charge in [0.05, 0.1) is 6.61 Å². The van der Waals surface area contributed by atoms with Crippen LogP contribution in [0.3, 0.4) is 0 Å². The first-order valence-electron chi connectivity index (χ1n) is 7.09. The summed E-state index contributed by atoms with van der Waals surface area (Å²) < 4.78 is 31.5. The predicted molar refractivity (Wildman–Crippen MR) is 71.8 cm³/mol. The van der Waals surface area contributed by atoms with Crippen LogP contribution < -0.4 is 0 Å². The molecule has 0 aromatic heterocycles. The highest BCUT2D eigenvalue weighted by Gasteiger charge is 2.36. The fourth-order valence-corrected chi connectivity index (χ4v) is 2.30. The Morgan fingerprint density at radius 3 is 2.35 bits per heavy atom. The van der Waals surface area contributed by atoms with E-state index in [1.165, 1.54) is 4.90 Å². The quantitative estimate of drug-likeness (QED) is 0.866. The topological polar surface area (TPSA) is 49.8 Å². The Morgan fingerprint density at radius 1 is 1.35 bits per heavy atom. The molecule has 0 bridgehead atoms. The van der Waals surface area contributed by atoms with Crippen molar-refractivity contribution in [1.29, 1.82) is 0 Å². The van der Waals surface area contributed by atoms with E-state index < -0.39 is 17.6 Å². The van der Waals surface area contributed by atoms with Crippen molar-refractivity contribution in [2.24, 2.45) is 5.92 Å². The number of ether oxygens (including phenoxy) is 1. The smallest absolute Gasteiger partial charge is 0.410 e. The Morgan fingerprint density at radius 2 is 1.90 bits per heavy atom. The molecular weight excluding hydrogens is 268 g/mol. The van der Waals surface area contributed by atoms with E-state index in [2.05, 4.69) is 0 Å². The van der Waals surface area contributed by atoms with Gasteiger partial charge in [0.1, 0.15) is 5.60 Å². The van der Waals surface area contributed by atoms with Crippen LogP contribution in [0.15, 0.2) is 0 Å². The summed E-state index contributed by atoms with van der Waals surface area (Å²) in [6, 6.07) is 0. The number of halogens is 2. The van der Waals surface area contributed by atoms with E-state index >= 15 is 0 Å². The Balaban J connectivity index is 2.53. The molecule has 0 aromatic carbocycles. The largest absolute Gasteiger partial charge is 0.444 e. The minimum atomic E-state index is -2.57. The molecule has 4 nitrogen and oxygen atoms in total. The lowest BCUT2D eigenvalue weighted by Gasteiger charge is -2.33. The zero-order chi connectivity index (χ0) is 15.4. The van der Waals surface area contributed by atoms with E-state index in [1.807, 2.05) is 0 Å². The maximum atomic E-state index is 13.1. The molecule has 1 rings (SSSR count). The standard InChI is InChI=1S/C14H25F2NO3/c1-13(2,3)20-12(19)17(8-9-18)10-11-4-6-14(15,16)7-5-11/h11,18H,4-10H2,1-3H3. The number of aliphatic hydroxyl groups excluding tert-OH is 1. The number of aliphatic hydroxyl groups is 1. The lowest BCUT2D eigenvalue weighted by molar-refractivity contribution is -0.0498. The third-order valence-corrected chi connectivity index (χ3v) is 3.34. The first kappa shape index (κ1) is 17.1. The van der Waals surface area contributed by atoms with Gasteiger partial charge in [-0.2, -0.15) is 0 Å². The third kappa shape index (κ3) is 6.03. The zero-order valence-electron chi connectivity index (χ0n) is 12.5. The van der Waals surface area contributed by atoms with E-state index in [-0.39, 0.29) is 31.9 Å². The highest BCUT2D eigenvalue weighted by atomic mass is 19.3. The molecule has 0 saturated heterocycles. The minimum Gasteiger partial charge on any atom is -0.444 e. The molecule has 0 spiro atoms. The second-order valence-corrected chi connectivity index (χ2v) is 6.45. The number of amides is 1. The van der Waals surface area contributed by atoms with Crippen molar-refractivity contribution in [2.45, 2.75) is 58.0 Å². The summed E-state index contributed by atoms with van der Waals surface area (Å²) in [7, 11) is 0. The molecule has 0 aromatic rings. The minimum absolute atomic E-state index is 0.0497. The molecule has 1 aliphatic rings. The zero-order valence-corrected chi connectivity index (χ0v) is 12.5. The summed E-state index contributed by atoms with van der Waals surface area (Å²) in [4.78, 5) is 13.4. The van der Waals surface area contributed by atoms with Crippen molar-refractivity contribution in [2.75, 3.05) is 19.7 Å². The number of hydrogen-bond donors (Lipinski definition) is 1. The fraction of sp³-hybridized carbons (Fsp3) is 0.929. The van der Waals surface area contributed by atoms with Crippen LogP contribution >= 0.6 is 0 Å². The van der Waals surface area contributed by atoms with Crippen molar-refractivity contribution >= 4 is 6.09 Å². The first-order valence-corrected chi connectivity index (χ1v) is 7.09. The molecule has 1 fully saturated rings. The number of hydrogen-bond acceptors (Lipinski definition) is 3. The summed E-state index contributed by atoms with van der Waals surface area (Å²) in [6.45, 7) is 5.67. The van der Waals surface area contributed by atoms with E-state index in [0.29, 0.717) is 19.4 Å². The van der Waals surface area contributed by atoms with Crippen LogP contribution in [0.25, 0.3) is 0 Å². The van der Waals surface area contributed by atoms with Gasteiger partial charge in [-0.15, -0.1) is 0 Å². The van der Waals surface area contributed by atoms with Crippen molar-refractivity contribution in [3.8, 4) is 0 Å². The molecule has 0 heterocycles. The van der Waals surface area contributed by atoms with Crippen molar-refractivity contribution < 1.29 is 23.4 Å². The number of carbonyl (C=O) groups is 1. The second-order valence-electron chi connectivity index (χ2n) is 6.45. The molecule has 118 valence electrons. The molecule has 0 unspecified atom stereocenters. The van der Waals surface area contributed by atoms with Crippen LogP contribution in [0, 0.1) is 5.92 Å². The SMILES string of the molecule is CC(C)(C)OC(=O)N(CCO)CC1CCC(F)(F)CC1. The highest BCUT2D eigenvalue weighted by Crippen LogP contribution is 2.36. The van der Waals surface area contributed by atoms with Crippen LogP contribution in [0.4, 0.5) is 13.6 Å². The van der Waals surface area contributed by atoms with Crippen molar-refractivity contribution in [1.82, 2.24) is 4.90 Å². The molecule has 6 heteroatoms. The third-order valence-electron chi connectivity index (χ3n) is 3.34. The number of nitrogens with zero attached hydrogens (tertiary/aromatic N) is 1. The normalized spacial score (nSPS) is 19.7. The van der Waals surface area contributed by atoms with Crippen LogP contribution in [-0.4, -0.2) is 47.3 Å². The monoisotopic (exact) mass is 293 g/mol. The molecular formula is C14H25F2NO3. The van der Waals surface area contributed by atoms with Gasteiger partial charge in [-0.1, -0.05) is 0 Å². The Kier molecular flexibility index (Phi) is 5.74. The molecule has 20 heavy (non-hydrogen) atoms. The molecule has 1 N–H and O–H groups in total. The number of carbonyl (C=O) groups excluding carboxylic acids is 1. The summed E-state index contributed by atoms with van der Waals surface area (Å²) in [5.41, 5.74) is -0.607. The number of alkyl halides is 2. The average Bonchev–Trinajstić information content (AvgIpc) is 2.28. The lowest BCUT2D eigenvalue weighted by Crippen LogP contribution is -2.42. The van der Waals surface area contributed by atoms with Gasteiger partial charge in [-0.3, -0.25) is 0 Å². The molecule has 0 aliphatic heterocycles. The summed E-state index contributed by atoms with van der Waals surface area (Å²) in [5.74, 6) is -2.52. The average molecular weight is 293 g/mol. The lowest BCUT2D eigenvalue weighted by atomic mass is 9.86. The Bertz CT molecular complexity index is 319. The molecule has 0 atom stereocenters. The molecule has 0 radical (unpaired) electrons. The van der Waals surface area contributed by atoms with E-state index in [9.17, 15) is 13.6 Å². The van der Waals surface area contributed by atoms with Crippen LogP contribution in [0.2, 0.25) is 0 Å². The van der Waals surface area contributed by atoms with Crippen LogP contribution in [0.5, 0.6) is 0 Å². The van der Waals surface area contributed by atoms with Gasteiger partial charge in [0.25, 0.3) is 0 Å². The van der Waals surface area contributed by atoms with E-state index in [4.69, 9.17) is 9.84 Å². The second kappa shape index (κ2) is 6.70. The Labute approximate surface area is 119 Å². The maximum Gasteiger partial charge on any atom is 0.410 e. The summed E-state index contributed by atoms with van der Waals surface area (Å²) in [6.07, 6.45) is 0.0526. The fourth-order valence-electron chi connectivity index (χ4n) is 2.30. The van der Waals surface area contributed by atoms with E-state index in [0.717, 1.165) is 0 Å². The van der Waals surface area contributed by atoms with Gasteiger partial charge in [0.15, 0.2) is 0 Å². The van der Waals surface area contributed by atoms with Crippen LogP contribution in [0.1, 0.15) is 46.5 Å². The molecule has 1 aliphatic carbocycles. The first-order chi connectivity index (χ1) is 9.13. The van der Waals surface area contributed by atoms with E-state index in [1.54, 1.807) is 20.8 Å². The van der Waals surface area contributed by atoms with Gasteiger partial charge in [-0.25, -0.2) is 13.6 Å². The van der Waals surface area contributed by atoms with Crippen LogP contribution in [-0.2, 0) is 4.74 Å². The van der Waals surface area contributed by atoms with Gasteiger partial charge < -0.3 is 14.7 Å². The van der Waals surface area contributed by atoms with Gasteiger partial charge in [0, 0.05) is 25.9 Å². The van der Waals surface area contributed by atoms with Crippen molar-refractivity contribution in [3.05, 3.63) is 0 Å². The number of rotatable bonds is 4. The molecule has 1 amide bonds. The van der Waals surface area contributed by atoms with Gasteiger partial charge in [-0.05, 0) is 39.5 Å². The predicted octanol–water partition coefficient (Wildman–Crippen LogP) is 3.04.